The molecule has 11 heteroatoms. The summed E-state index contributed by atoms with van der Waals surface area (Å²) >= 11 is 0. The number of carbonyl (C=O) groups is 5. The van der Waals surface area contributed by atoms with Crippen molar-refractivity contribution in [2.45, 2.75) is 116 Å². The third kappa shape index (κ3) is 18.7. The lowest BCUT2D eigenvalue weighted by molar-refractivity contribution is -0.162. The number of carboxylic acids is 1. The number of carbonyl (C=O) groups excluding carboxylic acids is 4. The summed E-state index contributed by atoms with van der Waals surface area (Å²) in [4.78, 5) is 61.6. The zero-order valence-electron chi connectivity index (χ0n) is 29.0. The van der Waals surface area contributed by atoms with E-state index >= 15 is 0 Å². The van der Waals surface area contributed by atoms with Crippen molar-refractivity contribution in [1.82, 2.24) is 0 Å². The number of esters is 3. The van der Waals surface area contributed by atoms with Gasteiger partial charge in [0, 0.05) is 21.4 Å². The predicted molar refractivity (Wildman–Crippen MR) is 198 cm³/mol. The van der Waals surface area contributed by atoms with Crippen LogP contribution < -0.4 is 0 Å². The van der Waals surface area contributed by atoms with Crippen molar-refractivity contribution in [3.63, 3.8) is 0 Å². The molecule has 2 rings (SSSR count). The Morgan fingerprint density at radius 3 is 1.73 bits per heavy atom. The quantitative estimate of drug-likeness (QED) is 0.0521. The lowest BCUT2D eigenvalue weighted by Gasteiger charge is -2.22. The number of rotatable bonds is 23. The molecule has 0 aliphatic heterocycles. The molecule has 0 aliphatic carbocycles. The zero-order chi connectivity index (χ0) is 35.3. The van der Waals surface area contributed by atoms with Gasteiger partial charge in [0.1, 0.15) is 24.1 Å². The molecule has 0 fully saturated rings. The molecule has 1 N–H and O–H groups in total. The van der Waals surface area contributed by atoms with Crippen molar-refractivity contribution in [3.05, 3.63) is 83.4 Å². The van der Waals surface area contributed by atoms with E-state index < -0.39 is 48.3 Å². The van der Waals surface area contributed by atoms with E-state index in [0.29, 0.717) is 38.5 Å². The molecule has 272 valence electrons. The number of halogens is 1. The van der Waals surface area contributed by atoms with E-state index in [-0.39, 0.29) is 62.4 Å². The number of aryl methyl sites for hydroxylation is 2. The number of carboxylic acid groups (broad SMARTS) is 1. The number of hydrogen-bond acceptors (Lipinski definition) is 9. The molecule has 0 saturated carbocycles. The molecule has 0 spiro atoms. The van der Waals surface area contributed by atoms with Gasteiger partial charge < -0.3 is 24.1 Å². The van der Waals surface area contributed by atoms with Crippen LogP contribution in [0.2, 0.25) is 0 Å². The highest BCUT2D eigenvalue weighted by atomic mass is 127. The van der Waals surface area contributed by atoms with Gasteiger partial charge in [-0.1, -0.05) is 68.5 Å². The fourth-order valence-electron chi connectivity index (χ4n) is 5.06. The van der Waals surface area contributed by atoms with Crippen LogP contribution in [0.3, 0.4) is 0 Å². The molecule has 49 heavy (non-hydrogen) atoms. The van der Waals surface area contributed by atoms with Crippen LogP contribution in [0.1, 0.15) is 101 Å². The van der Waals surface area contributed by atoms with Crippen LogP contribution in [0.5, 0.6) is 0 Å². The van der Waals surface area contributed by atoms with Gasteiger partial charge in [0.15, 0.2) is 0 Å². The fraction of sp³-hybridized carbons (Fsp3) is 0.500. The lowest BCUT2D eigenvalue weighted by atomic mass is 10.0. The molecule has 0 radical (unpaired) electrons. The smallest absolute Gasteiger partial charge is 0.335 e. The maximum Gasteiger partial charge on any atom is 0.335 e. The molecule has 2 aromatic rings. The second-order valence-corrected chi connectivity index (χ2v) is 11.8. The number of benzene rings is 2. The average Bonchev–Trinajstić information content (AvgIpc) is 3.05. The molecule has 0 aliphatic rings. The molecule has 10 nitrogen and oxygen atoms in total. The molecule has 4 unspecified atom stereocenters. The van der Waals surface area contributed by atoms with Crippen LogP contribution in [-0.2, 0) is 51.0 Å². The maximum atomic E-state index is 13.1. The summed E-state index contributed by atoms with van der Waals surface area (Å²) in [6.45, 7) is 5.23. The van der Waals surface area contributed by atoms with Crippen LogP contribution in [0.4, 0.5) is 0 Å². The highest BCUT2D eigenvalue weighted by Gasteiger charge is 2.26. The Labute approximate surface area is 308 Å². The predicted octanol–water partition coefficient (Wildman–Crippen LogP) is 7.48. The van der Waals surface area contributed by atoms with Crippen LogP contribution in [0, 0.1) is 0 Å². The Kier molecular flexibility index (Phi) is 21.8. The van der Waals surface area contributed by atoms with Gasteiger partial charge in [0.25, 0.3) is 0 Å². The summed E-state index contributed by atoms with van der Waals surface area (Å²) in [6.07, 6.45) is 4.69. The SMILES string of the molecule is CCC=CCC(CC(C)=O)OC(=O)CC(CC)OC(=O)CC(CCc1ccccc1)OC(=O)CC(CCc1ccc(C(=O)O)cc1)OC.I.[HH]. The standard InChI is InChI=1S/C38H50O10.HI.H2/c1-5-7-9-14-33(23-27(3)39)47-35(40)24-31(6-2)46-37(42)26-34(22-18-28-12-10-8-11-13-28)48-36(41)25-32(45-4)21-17-29-15-19-30(20-16-29)38(43)44;;/h7-13,15-16,19-20,31-34H,5-6,14,17-18,21-26H2,1-4H3,(H,43,44);2*1H. The summed E-state index contributed by atoms with van der Waals surface area (Å²) in [7, 11) is 1.51. The van der Waals surface area contributed by atoms with E-state index in [0.717, 1.165) is 17.5 Å². The van der Waals surface area contributed by atoms with Crippen LogP contribution in [0.15, 0.2) is 66.7 Å². The highest BCUT2D eigenvalue weighted by molar-refractivity contribution is 14.0. The number of Topliss-reactive ketones (excluding diaryl/α,β-unsaturated/α-hetero) is 1. The van der Waals surface area contributed by atoms with Gasteiger partial charge in [-0.15, -0.1) is 24.0 Å². The van der Waals surface area contributed by atoms with Crippen LogP contribution in [0.25, 0.3) is 0 Å². The lowest BCUT2D eigenvalue weighted by Crippen LogP contribution is -2.29. The number of ketones is 1. The number of hydrogen-bond donors (Lipinski definition) is 1. The number of methoxy groups -OCH3 is 1. The van der Waals surface area contributed by atoms with Gasteiger partial charge in [0.2, 0.25) is 0 Å². The molecule has 0 aromatic heterocycles. The average molecular weight is 797 g/mol. The van der Waals surface area contributed by atoms with Crippen LogP contribution >= 0.6 is 24.0 Å². The van der Waals surface area contributed by atoms with Gasteiger partial charge >= 0.3 is 23.9 Å². The molecular formula is C38H53IO10. The maximum absolute atomic E-state index is 13.1. The van der Waals surface area contributed by atoms with E-state index in [1.807, 2.05) is 49.4 Å². The Hall–Kier alpha value is -3.58. The van der Waals surface area contributed by atoms with Crippen molar-refractivity contribution in [2.24, 2.45) is 0 Å². The number of ether oxygens (including phenoxy) is 4. The Morgan fingerprint density at radius 2 is 1.20 bits per heavy atom. The molecule has 0 amide bonds. The summed E-state index contributed by atoms with van der Waals surface area (Å²) < 4.78 is 22.5. The van der Waals surface area contributed by atoms with E-state index in [2.05, 4.69) is 0 Å². The van der Waals surface area contributed by atoms with Crippen molar-refractivity contribution in [3.8, 4) is 0 Å². The third-order valence-corrected chi connectivity index (χ3v) is 7.74. The first-order valence-electron chi connectivity index (χ1n) is 16.6. The molecular weight excluding hydrogens is 743 g/mol. The van der Waals surface area contributed by atoms with Crippen LogP contribution in [-0.4, -0.2) is 66.3 Å². The van der Waals surface area contributed by atoms with Gasteiger partial charge in [-0.2, -0.15) is 0 Å². The fourth-order valence-corrected chi connectivity index (χ4v) is 5.06. The molecule has 0 bridgehead atoms. The second kappa shape index (κ2) is 24.5. The highest BCUT2D eigenvalue weighted by Crippen LogP contribution is 2.18. The van der Waals surface area contributed by atoms with Gasteiger partial charge in [-0.25, -0.2) is 4.79 Å². The second-order valence-electron chi connectivity index (χ2n) is 11.8. The molecule has 0 heterocycles. The summed E-state index contributed by atoms with van der Waals surface area (Å²) in [5, 5.41) is 9.10. The van der Waals surface area contributed by atoms with Gasteiger partial charge in [-0.05, 0) is 68.7 Å². The number of allylic oxidation sites excluding steroid dienone is 1. The van der Waals surface area contributed by atoms with E-state index in [9.17, 15) is 24.0 Å². The van der Waals surface area contributed by atoms with E-state index in [1.54, 1.807) is 19.1 Å². The first kappa shape index (κ1) is 43.4. The first-order valence-corrected chi connectivity index (χ1v) is 16.6. The van der Waals surface area contributed by atoms with Gasteiger partial charge in [-0.3, -0.25) is 19.2 Å². The summed E-state index contributed by atoms with van der Waals surface area (Å²) in [5.41, 5.74) is 2.14. The normalized spacial score (nSPS) is 13.4. The van der Waals surface area contributed by atoms with Crippen molar-refractivity contribution in [1.29, 1.82) is 0 Å². The Bertz CT molecular complexity index is 1330. The molecule has 0 saturated heterocycles. The largest absolute Gasteiger partial charge is 0.478 e. The summed E-state index contributed by atoms with van der Waals surface area (Å²) in [6, 6.07) is 16.2. The Morgan fingerprint density at radius 1 is 0.694 bits per heavy atom. The van der Waals surface area contributed by atoms with Crippen molar-refractivity contribution < 1.29 is 49.5 Å². The summed E-state index contributed by atoms with van der Waals surface area (Å²) in [5.74, 6) is -2.75. The minimum Gasteiger partial charge on any atom is -0.478 e. The van der Waals surface area contributed by atoms with E-state index in [4.69, 9.17) is 24.1 Å². The third-order valence-electron chi connectivity index (χ3n) is 7.74. The number of aromatic carboxylic acids is 1. The minimum absolute atomic E-state index is 0. The van der Waals surface area contributed by atoms with Gasteiger partial charge in [0.05, 0.1) is 30.9 Å². The molecule has 4 atom stereocenters. The molecule has 2 aromatic carbocycles. The Balaban J connectivity index is 0.0000120. The zero-order valence-corrected chi connectivity index (χ0v) is 31.3. The van der Waals surface area contributed by atoms with Crippen molar-refractivity contribution >= 4 is 53.6 Å². The monoisotopic (exact) mass is 796 g/mol. The first-order chi connectivity index (χ1) is 23.0. The minimum atomic E-state index is -0.997. The van der Waals surface area contributed by atoms with Crippen molar-refractivity contribution in [2.75, 3.05) is 7.11 Å². The van der Waals surface area contributed by atoms with E-state index in [1.165, 1.54) is 26.2 Å². The topological polar surface area (TPSA) is 142 Å².